The maximum atomic E-state index is 13.3. The number of aryl methyl sites for hydroxylation is 1. The van der Waals surface area contributed by atoms with E-state index in [1.807, 2.05) is 0 Å². The van der Waals surface area contributed by atoms with Gasteiger partial charge >= 0.3 is 0 Å². The highest BCUT2D eigenvalue weighted by Gasteiger charge is 2.15. The Kier molecular flexibility index (Phi) is 3.68. The van der Waals surface area contributed by atoms with Crippen molar-refractivity contribution in [3.05, 3.63) is 47.3 Å². The third-order valence-corrected chi connectivity index (χ3v) is 3.86. The molecule has 0 saturated carbocycles. The molecule has 0 aliphatic carbocycles. The van der Waals surface area contributed by atoms with Crippen molar-refractivity contribution in [3.63, 3.8) is 0 Å². The van der Waals surface area contributed by atoms with Crippen LogP contribution in [0.15, 0.2) is 35.5 Å². The molecule has 0 bridgehead atoms. The molecule has 5 nitrogen and oxygen atoms in total. The predicted molar refractivity (Wildman–Crippen MR) is 69.0 cm³/mol. The van der Waals surface area contributed by atoms with Gasteiger partial charge < -0.3 is 0 Å². The molecule has 0 saturated heterocycles. The number of hydrogen-bond acceptors (Lipinski definition) is 4. The van der Waals surface area contributed by atoms with E-state index in [1.165, 1.54) is 12.1 Å². The van der Waals surface area contributed by atoms with Gasteiger partial charge in [-0.05, 0) is 36.2 Å². The number of anilines is 1. The number of benzene rings is 1. The summed E-state index contributed by atoms with van der Waals surface area (Å²) in [5, 5.41) is -0.0552. The third-order valence-electron chi connectivity index (χ3n) is 2.33. The molecule has 0 fully saturated rings. The molecule has 100 valence electrons. The van der Waals surface area contributed by atoms with Crippen molar-refractivity contribution >= 4 is 27.3 Å². The quantitative estimate of drug-likeness (QED) is 0.884. The summed E-state index contributed by atoms with van der Waals surface area (Å²) in [7, 11) is -3.86. The van der Waals surface area contributed by atoms with Crippen LogP contribution in [0.3, 0.4) is 0 Å². The van der Waals surface area contributed by atoms with Crippen LogP contribution in [0.4, 0.5) is 10.1 Å². The van der Waals surface area contributed by atoms with E-state index >= 15 is 0 Å². The van der Waals surface area contributed by atoms with Gasteiger partial charge in [-0.1, -0.05) is 6.07 Å². The summed E-state index contributed by atoms with van der Waals surface area (Å²) < 4.78 is 39.5. The molecule has 0 aliphatic rings. The number of sulfonamides is 1. The number of nitrogens with one attached hydrogen (secondary N) is 1. The minimum atomic E-state index is -3.86. The molecule has 0 spiro atoms. The lowest BCUT2D eigenvalue weighted by Crippen LogP contribution is -2.13. The average molecular weight is 302 g/mol. The van der Waals surface area contributed by atoms with Gasteiger partial charge in [-0.3, -0.25) is 4.72 Å². The minimum absolute atomic E-state index is 0.0552. The van der Waals surface area contributed by atoms with E-state index in [0.717, 1.165) is 18.5 Å². The highest BCUT2D eigenvalue weighted by Crippen LogP contribution is 2.18. The maximum absolute atomic E-state index is 13.3. The zero-order chi connectivity index (χ0) is 14.0. The number of hydrogen-bond donors (Lipinski definition) is 1. The first kappa shape index (κ1) is 13.7. The molecule has 2 aromatic rings. The summed E-state index contributed by atoms with van der Waals surface area (Å²) in [5.41, 5.74) is 0.552. The van der Waals surface area contributed by atoms with Gasteiger partial charge in [0.1, 0.15) is 10.7 Å². The van der Waals surface area contributed by atoms with Crippen molar-refractivity contribution in [2.75, 3.05) is 4.72 Å². The molecule has 2 rings (SSSR count). The predicted octanol–water partition coefficient (Wildman–Crippen LogP) is 2.38. The minimum Gasteiger partial charge on any atom is -0.279 e. The molecule has 0 aliphatic heterocycles. The Labute approximate surface area is 114 Å². The van der Waals surface area contributed by atoms with Crippen molar-refractivity contribution in [1.29, 1.82) is 0 Å². The molecular formula is C11H9ClFN3O2S. The van der Waals surface area contributed by atoms with Crippen molar-refractivity contribution < 1.29 is 12.8 Å². The van der Waals surface area contributed by atoms with Crippen molar-refractivity contribution in [2.24, 2.45) is 0 Å². The fourth-order valence-electron chi connectivity index (χ4n) is 1.31. The maximum Gasteiger partial charge on any atom is 0.264 e. The second kappa shape index (κ2) is 5.10. The van der Waals surface area contributed by atoms with Gasteiger partial charge in [0.2, 0.25) is 5.28 Å². The van der Waals surface area contributed by atoms with Gasteiger partial charge in [-0.2, -0.15) is 0 Å². The smallest absolute Gasteiger partial charge is 0.264 e. The number of rotatable bonds is 3. The molecule has 19 heavy (non-hydrogen) atoms. The third kappa shape index (κ3) is 3.18. The number of nitrogens with zero attached hydrogens (tertiary/aromatic N) is 2. The summed E-state index contributed by atoms with van der Waals surface area (Å²) in [4.78, 5) is 7.00. The standard InChI is InChI=1S/C11H9ClFN3O2S/c1-7-2-3-8(4-10(7)13)16-19(17,18)9-5-14-11(12)15-6-9/h2-6,16H,1H3. The van der Waals surface area contributed by atoms with E-state index in [2.05, 4.69) is 14.7 Å². The molecule has 1 heterocycles. The lowest BCUT2D eigenvalue weighted by atomic mass is 10.2. The molecular weight excluding hydrogens is 293 g/mol. The van der Waals surface area contributed by atoms with Gasteiger partial charge in [-0.15, -0.1) is 0 Å². The SMILES string of the molecule is Cc1ccc(NS(=O)(=O)c2cnc(Cl)nc2)cc1F. The van der Waals surface area contributed by atoms with Crippen LogP contribution < -0.4 is 4.72 Å². The molecule has 8 heteroatoms. The summed E-state index contributed by atoms with van der Waals surface area (Å²) in [6, 6.07) is 4.04. The zero-order valence-electron chi connectivity index (χ0n) is 9.76. The van der Waals surface area contributed by atoms with Crippen LogP contribution in [0.1, 0.15) is 5.56 Å². The Morgan fingerprint density at radius 2 is 1.89 bits per heavy atom. The van der Waals surface area contributed by atoms with E-state index < -0.39 is 15.8 Å². The first-order valence-corrected chi connectivity index (χ1v) is 7.01. The summed E-state index contributed by atoms with van der Waals surface area (Å²) >= 11 is 5.47. The van der Waals surface area contributed by atoms with Crippen molar-refractivity contribution in [2.45, 2.75) is 11.8 Å². The molecule has 1 aromatic heterocycles. The molecule has 0 unspecified atom stereocenters. The number of halogens is 2. The Balaban J connectivity index is 2.30. The van der Waals surface area contributed by atoms with E-state index in [1.54, 1.807) is 6.92 Å². The highest BCUT2D eigenvalue weighted by atomic mass is 35.5. The Bertz CT molecular complexity index is 704. The zero-order valence-corrected chi connectivity index (χ0v) is 11.3. The van der Waals surface area contributed by atoms with E-state index in [4.69, 9.17) is 11.6 Å². The van der Waals surface area contributed by atoms with Gasteiger partial charge in [0.15, 0.2) is 0 Å². The second-order valence-corrected chi connectivity index (χ2v) is 5.78. The molecule has 1 N–H and O–H groups in total. The summed E-state index contributed by atoms with van der Waals surface area (Å²) in [5.74, 6) is -0.493. The van der Waals surface area contributed by atoms with Crippen LogP contribution in [0.5, 0.6) is 0 Å². The van der Waals surface area contributed by atoms with E-state index in [0.29, 0.717) is 5.56 Å². The van der Waals surface area contributed by atoms with Gasteiger partial charge in [0, 0.05) is 0 Å². The summed E-state index contributed by atoms with van der Waals surface area (Å²) in [6.45, 7) is 1.58. The number of aromatic nitrogens is 2. The van der Waals surface area contributed by atoms with Crippen LogP contribution in [0, 0.1) is 12.7 Å². The van der Waals surface area contributed by atoms with Crippen LogP contribution in [0.25, 0.3) is 0 Å². The fraction of sp³-hybridized carbons (Fsp3) is 0.0909. The van der Waals surface area contributed by atoms with Gasteiger partial charge in [-0.25, -0.2) is 22.8 Å². The van der Waals surface area contributed by atoms with E-state index in [-0.39, 0.29) is 15.9 Å². The fourth-order valence-corrected chi connectivity index (χ4v) is 2.35. The van der Waals surface area contributed by atoms with Crippen LogP contribution >= 0.6 is 11.6 Å². The van der Waals surface area contributed by atoms with Crippen molar-refractivity contribution in [1.82, 2.24) is 9.97 Å². The Morgan fingerprint density at radius 3 is 2.47 bits per heavy atom. The first-order chi connectivity index (χ1) is 8.88. The first-order valence-electron chi connectivity index (χ1n) is 5.15. The van der Waals surface area contributed by atoms with Gasteiger partial charge in [0.05, 0.1) is 18.1 Å². The molecule has 0 atom stereocenters. The Hall–Kier alpha value is -1.73. The molecule has 0 amide bonds. The van der Waals surface area contributed by atoms with Gasteiger partial charge in [0.25, 0.3) is 10.0 Å². The van der Waals surface area contributed by atoms with Crippen LogP contribution in [-0.4, -0.2) is 18.4 Å². The normalized spacial score (nSPS) is 11.3. The molecule has 1 aromatic carbocycles. The lowest BCUT2D eigenvalue weighted by Gasteiger charge is -2.08. The van der Waals surface area contributed by atoms with E-state index in [9.17, 15) is 12.8 Å². The summed E-state index contributed by atoms with van der Waals surface area (Å²) in [6.07, 6.45) is 2.14. The van der Waals surface area contributed by atoms with Crippen LogP contribution in [-0.2, 0) is 10.0 Å². The van der Waals surface area contributed by atoms with Crippen LogP contribution in [0.2, 0.25) is 5.28 Å². The second-order valence-electron chi connectivity index (χ2n) is 3.76. The highest BCUT2D eigenvalue weighted by molar-refractivity contribution is 7.92. The Morgan fingerprint density at radius 1 is 1.26 bits per heavy atom. The lowest BCUT2D eigenvalue weighted by molar-refractivity contribution is 0.600. The molecule has 0 radical (unpaired) electrons. The monoisotopic (exact) mass is 301 g/mol. The average Bonchev–Trinajstić information content (AvgIpc) is 2.34. The topological polar surface area (TPSA) is 72.0 Å². The largest absolute Gasteiger partial charge is 0.279 e. The van der Waals surface area contributed by atoms with Crippen molar-refractivity contribution in [3.8, 4) is 0 Å².